The third kappa shape index (κ3) is 5.62. The van der Waals surface area contributed by atoms with Gasteiger partial charge < -0.3 is 5.32 Å². The molecule has 0 aliphatic rings. The van der Waals surface area contributed by atoms with E-state index in [2.05, 4.69) is 10.0 Å². The highest BCUT2D eigenvalue weighted by molar-refractivity contribution is 7.98. The van der Waals surface area contributed by atoms with E-state index in [-0.39, 0.29) is 6.04 Å². The Labute approximate surface area is 133 Å². The fourth-order valence-electron chi connectivity index (χ4n) is 1.99. The Hall–Kier alpha value is -0.560. The lowest BCUT2D eigenvalue weighted by atomic mass is 10.1. The summed E-state index contributed by atoms with van der Waals surface area (Å²) >= 11 is 1.65. The van der Waals surface area contributed by atoms with Crippen LogP contribution in [-0.2, 0) is 16.6 Å². The van der Waals surface area contributed by atoms with Gasteiger partial charge >= 0.3 is 0 Å². The van der Waals surface area contributed by atoms with Gasteiger partial charge in [-0.15, -0.1) is 0 Å². The lowest BCUT2D eigenvalue weighted by molar-refractivity contribution is 0.558. The van der Waals surface area contributed by atoms with E-state index in [0.717, 1.165) is 29.8 Å². The van der Waals surface area contributed by atoms with Crippen LogP contribution < -0.4 is 10.0 Å². The minimum atomic E-state index is -3.45. The normalized spacial score (nSPS) is 13.3. The molecule has 0 amide bonds. The summed E-state index contributed by atoms with van der Waals surface area (Å²) in [6, 6.07) is 5.30. The first-order valence-corrected chi connectivity index (χ1v) is 10.1. The monoisotopic (exact) mass is 330 g/mol. The maximum Gasteiger partial charge on any atom is 0.240 e. The Morgan fingerprint density at radius 2 is 2.00 bits per heavy atom. The Balaban J connectivity index is 2.97. The van der Waals surface area contributed by atoms with E-state index in [1.165, 1.54) is 0 Å². The molecule has 0 aliphatic heterocycles. The van der Waals surface area contributed by atoms with Gasteiger partial charge in [0, 0.05) is 18.3 Å². The van der Waals surface area contributed by atoms with Crippen LogP contribution >= 0.6 is 11.8 Å². The van der Waals surface area contributed by atoms with Crippen molar-refractivity contribution in [1.29, 1.82) is 0 Å². The molecule has 1 rings (SSSR count). The molecule has 1 unspecified atom stereocenters. The van der Waals surface area contributed by atoms with E-state index in [0.29, 0.717) is 11.4 Å². The Kier molecular flexibility index (Phi) is 7.73. The topological polar surface area (TPSA) is 58.2 Å². The summed E-state index contributed by atoms with van der Waals surface area (Å²) in [6.45, 7) is 7.58. The smallest absolute Gasteiger partial charge is 0.240 e. The third-order valence-corrected chi connectivity index (χ3v) is 5.63. The van der Waals surface area contributed by atoms with Crippen molar-refractivity contribution in [3.05, 3.63) is 29.3 Å². The van der Waals surface area contributed by atoms with Crippen LogP contribution in [0, 0.1) is 6.92 Å². The molecule has 0 heterocycles. The molecule has 0 fully saturated rings. The van der Waals surface area contributed by atoms with Crippen LogP contribution in [0.15, 0.2) is 23.1 Å². The lowest BCUT2D eigenvalue weighted by Crippen LogP contribution is -2.36. The molecule has 2 N–H and O–H groups in total. The number of sulfonamides is 1. The predicted molar refractivity (Wildman–Crippen MR) is 91.3 cm³/mol. The second-order valence-electron chi connectivity index (χ2n) is 5.05. The highest BCUT2D eigenvalue weighted by atomic mass is 32.2. The molecule has 0 radical (unpaired) electrons. The van der Waals surface area contributed by atoms with E-state index in [4.69, 9.17) is 0 Å². The zero-order valence-electron chi connectivity index (χ0n) is 13.3. The molecule has 0 aromatic heterocycles. The molecule has 0 aliphatic carbocycles. The number of nitrogens with one attached hydrogen (secondary N) is 2. The summed E-state index contributed by atoms with van der Waals surface area (Å²) in [5.74, 6) is 0.784. The number of hydrogen-bond acceptors (Lipinski definition) is 4. The summed E-state index contributed by atoms with van der Waals surface area (Å²) in [7, 11) is -3.45. The number of rotatable bonds is 9. The van der Waals surface area contributed by atoms with Gasteiger partial charge in [-0.2, -0.15) is 11.8 Å². The number of thioether (sulfide) groups is 1. The van der Waals surface area contributed by atoms with Crippen LogP contribution in [0.1, 0.15) is 31.4 Å². The molecular formula is C15H26N2O2S2. The Morgan fingerprint density at radius 3 is 2.57 bits per heavy atom. The van der Waals surface area contributed by atoms with Crippen molar-refractivity contribution in [2.24, 2.45) is 0 Å². The van der Waals surface area contributed by atoms with Gasteiger partial charge in [0.25, 0.3) is 0 Å². The van der Waals surface area contributed by atoms with Crippen molar-refractivity contribution in [1.82, 2.24) is 10.0 Å². The summed E-state index contributed by atoms with van der Waals surface area (Å²) in [5.41, 5.74) is 2.13. The molecule has 6 heteroatoms. The average molecular weight is 331 g/mol. The Bertz CT molecular complexity index is 545. The fourth-order valence-corrected chi connectivity index (χ4v) is 4.19. The molecule has 120 valence electrons. The van der Waals surface area contributed by atoms with Gasteiger partial charge in [0.2, 0.25) is 10.0 Å². The summed E-state index contributed by atoms with van der Waals surface area (Å²) < 4.78 is 27.7. The number of hydrogen-bond donors (Lipinski definition) is 2. The first-order chi connectivity index (χ1) is 9.94. The van der Waals surface area contributed by atoms with Crippen LogP contribution in [0.3, 0.4) is 0 Å². The van der Waals surface area contributed by atoms with Crippen LogP contribution in [0.2, 0.25) is 0 Å². The fraction of sp³-hybridized carbons (Fsp3) is 0.600. The average Bonchev–Trinajstić information content (AvgIpc) is 2.45. The third-order valence-electron chi connectivity index (χ3n) is 3.38. The van der Waals surface area contributed by atoms with Crippen molar-refractivity contribution in [3.63, 3.8) is 0 Å². The van der Waals surface area contributed by atoms with Crippen LogP contribution in [0.5, 0.6) is 0 Å². The van der Waals surface area contributed by atoms with E-state index >= 15 is 0 Å². The maximum atomic E-state index is 12.5. The van der Waals surface area contributed by atoms with Gasteiger partial charge in [-0.3, -0.25) is 0 Å². The SMILES string of the molecule is CCNCc1cc(S(=O)(=O)NC(CC)CSC)ccc1C. The number of aryl methyl sites for hydroxylation is 1. The molecule has 0 spiro atoms. The minimum absolute atomic E-state index is 0.0245. The van der Waals surface area contributed by atoms with Crippen LogP contribution in [0.25, 0.3) is 0 Å². The molecule has 0 saturated heterocycles. The van der Waals surface area contributed by atoms with Crippen molar-refractivity contribution < 1.29 is 8.42 Å². The summed E-state index contributed by atoms with van der Waals surface area (Å²) in [6.07, 6.45) is 2.77. The van der Waals surface area contributed by atoms with Crippen molar-refractivity contribution in [2.45, 2.75) is 44.7 Å². The second-order valence-corrected chi connectivity index (χ2v) is 7.68. The van der Waals surface area contributed by atoms with Gasteiger partial charge in [0.15, 0.2) is 0 Å². The quantitative estimate of drug-likeness (QED) is 0.730. The second kappa shape index (κ2) is 8.78. The predicted octanol–water partition coefficient (Wildman–Crippen LogP) is 2.52. The molecule has 4 nitrogen and oxygen atoms in total. The molecular weight excluding hydrogens is 304 g/mol. The molecule has 1 atom stereocenters. The maximum absolute atomic E-state index is 12.5. The summed E-state index contributed by atoms with van der Waals surface area (Å²) in [4.78, 5) is 0.348. The molecule has 21 heavy (non-hydrogen) atoms. The Morgan fingerprint density at radius 1 is 1.29 bits per heavy atom. The zero-order chi connectivity index (χ0) is 15.9. The van der Waals surface area contributed by atoms with E-state index in [1.807, 2.05) is 33.1 Å². The largest absolute Gasteiger partial charge is 0.313 e. The first kappa shape index (κ1) is 18.5. The van der Waals surface area contributed by atoms with Gasteiger partial charge in [-0.1, -0.05) is 19.9 Å². The zero-order valence-corrected chi connectivity index (χ0v) is 14.9. The van der Waals surface area contributed by atoms with Crippen LogP contribution in [-0.4, -0.2) is 33.0 Å². The van der Waals surface area contributed by atoms with E-state index < -0.39 is 10.0 Å². The molecule has 0 bridgehead atoms. The van der Waals surface area contributed by atoms with Crippen molar-refractivity contribution in [3.8, 4) is 0 Å². The molecule has 0 saturated carbocycles. The highest BCUT2D eigenvalue weighted by Gasteiger charge is 2.19. The first-order valence-electron chi connectivity index (χ1n) is 7.26. The summed E-state index contributed by atoms with van der Waals surface area (Å²) in [5, 5.41) is 3.24. The van der Waals surface area contributed by atoms with Crippen molar-refractivity contribution in [2.75, 3.05) is 18.6 Å². The van der Waals surface area contributed by atoms with E-state index in [1.54, 1.807) is 23.9 Å². The van der Waals surface area contributed by atoms with Crippen molar-refractivity contribution >= 4 is 21.8 Å². The molecule has 1 aromatic rings. The highest BCUT2D eigenvalue weighted by Crippen LogP contribution is 2.17. The van der Waals surface area contributed by atoms with Gasteiger partial charge in [-0.05, 0) is 49.4 Å². The van der Waals surface area contributed by atoms with Gasteiger partial charge in [0.05, 0.1) is 4.90 Å². The standard InChI is InChI=1S/C15H26N2O2S2/c1-5-14(11-20-4)17-21(18,19)15-8-7-12(3)13(9-15)10-16-6-2/h7-9,14,16-17H,5-6,10-11H2,1-4H3. The minimum Gasteiger partial charge on any atom is -0.313 e. The van der Waals surface area contributed by atoms with Crippen LogP contribution in [0.4, 0.5) is 0 Å². The van der Waals surface area contributed by atoms with Gasteiger partial charge in [0.1, 0.15) is 0 Å². The lowest BCUT2D eigenvalue weighted by Gasteiger charge is -2.17. The van der Waals surface area contributed by atoms with E-state index in [9.17, 15) is 8.42 Å². The number of benzene rings is 1. The van der Waals surface area contributed by atoms with Gasteiger partial charge in [-0.25, -0.2) is 13.1 Å². The molecule has 1 aromatic carbocycles.